The second-order valence-corrected chi connectivity index (χ2v) is 5.50. The predicted octanol–water partition coefficient (Wildman–Crippen LogP) is 3.87. The third-order valence-corrected chi connectivity index (χ3v) is 3.25. The smallest absolute Gasteiger partial charge is 0.308 e. The van der Waals surface area contributed by atoms with E-state index in [1.807, 2.05) is 61.5 Å². The average Bonchev–Trinajstić information content (AvgIpc) is 3.51. The van der Waals surface area contributed by atoms with Gasteiger partial charge in [0.25, 0.3) is 0 Å². The number of hydroxylamine groups is 1. The molecule has 1 aliphatic carbocycles. The zero-order valence-electron chi connectivity index (χ0n) is 15.1. The summed E-state index contributed by atoms with van der Waals surface area (Å²) < 4.78 is 10.4. The van der Waals surface area contributed by atoms with Crippen molar-refractivity contribution in [3.8, 4) is 11.5 Å². The summed E-state index contributed by atoms with van der Waals surface area (Å²) in [5.74, 6) is 2.00. The van der Waals surface area contributed by atoms with Gasteiger partial charge < -0.3 is 9.47 Å². The van der Waals surface area contributed by atoms with Crippen molar-refractivity contribution in [1.29, 1.82) is 0 Å². The van der Waals surface area contributed by atoms with E-state index in [0.29, 0.717) is 6.61 Å². The van der Waals surface area contributed by atoms with Gasteiger partial charge in [-0.3, -0.25) is 14.8 Å². The van der Waals surface area contributed by atoms with E-state index in [1.165, 1.54) is 11.0 Å². The molecular formula is C20H25NO5. The standard InChI is InChI=1S/C13H12O.C6H10O2.CH3NO2/c1-11-7-9-13(10-8-11)14-12-5-3-2-4-6-12;1-2-8-6(7)5-3-4-5;3-1-2-4/h2-10H,1H3;5H,2-4H2,1H3;1,4H,(H,2,3). The van der Waals surface area contributed by atoms with Crippen molar-refractivity contribution in [3.63, 3.8) is 0 Å². The number of rotatable bonds is 5. The summed E-state index contributed by atoms with van der Waals surface area (Å²) in [5, 5.41) is 7.26. The number of hydrogen-bond donors (Lipinski definition) is 2. The van der Waals surface area contributed by atoms with E-state index < -0.39 is 0 Å². The normalized spacial score (nSPS) is 11.7. The van der Waals surface area contributed by atoms with E-state index in [0.717, 1.165) is 24.3 Å². The van der Waals surface area contributed by atoms with E-state index in [9.17, 15) is 4.79 Å². The number of carbonyl (C=O) groups is 2. The molecule has 0 spiro atoms. The fourth-order valence-electron chi connectivity index (χ4n) is 1.81. The Bertz CT molecular complexity index is 639. The first-order valence-corrected chi connectivity index (χ1v) is 8.40. The van der Waals surface area contributed by atoms with E-state index >= 15 is 0 Å². The quantitative estimate of drug-likeness (QED) is 0.366. The minimum Gasteiger partial charge on any atom is -0.466 e. The van der Waals surface area contributed by atoms with Crippen molar-refractivity contribution in [2.24, 2.45) is 5.92 Å². The third kappa shape index (κ3) is 9.44. The maximum atomic E-state index is 10.6. The molecule has 1 aliphatic rings. The lowest BCUT2D eigenvalue weighted by Gasteiger charge is -2.04. The molecule has 0 saturated heterocycles. The van der Waals surface area contributed by atoms with Gasteiger partial charge >= 0.3 is 5.97 Å². The summed E-state index contributed by atoms with van der Waals surface area (Å²) in [6.45, 7) is 4.42. The first kappa shape index (κ1) is 21.2. The highest BCUT2D eigenvalue weighted by Gasteiger charge is 2.30. The van der Waals surface area contributed by atoms with Crippen LogP contribution in [-0.2, 0) is 14.3 Å². The highest BCUT2D eigenvalue weighted by atomic mass is 16.5. The number of carbonyl (C=O) groups excluding carboxylic acids is 2. The number of amides is 1. The van der Waals surface area contributed by atoms with Crippen LogP contribution in [0.5, 0.6) is 11.5 Å². The van der Waals surface area contributed by atoms with Crippen molar-refractivity contribution in [3.05, 3.63) is 60.2 Å². The van der Waals surface area contributed by atoms with Crippen LogP contribution in [0.2, 0.25) is 0 Å². The molecule has 1 amide bonds. The Morgan fingerprint density at radius 2 is 1.65 bits per heavy atom. The Hall–Kier alpha value is -2.86. The van der Waals surface area contributed by atoms with E-state index in [1.54, 1.807) is 0 Å². The van der Waals surface area contributed by atoms with Crippen molar-refractivity contribution in [1.82, 2.24) is 5.48 Å². The molecule has 0 aromatic heterocycles. The van der Waals surface area contributed by atoms with Crippen LogP contribution >= 0.6 is 0 Å². The zero-order chi connectivity index (χ0) is 19.2. The third-order valence-electron chi connectivity index (χ3n) is 3.25. The molecule has 1 saturated carbocycles. The summed E-state index contributed by atoms with van der Waals surface area (Å²) in [6.07, 6.45) is 2.26. The van der Waals surface area contributed by atoms with Gasteiger partial charge in [-0.2, -0.15) is 0 Å². The Morgan fingerprint density at radius 3 is 2.12 bits per heavy atom. The van der Waals surface area contributed by atoms with Crippen LogP contribution in [0.25, 0.3) is 0 Å². The first-order valence-electron chi connectivity index (χ1n) is 8.40. The van der Waals surface area contributed by atoms with Gasteiger partial charge in [0, 0.05) is 0 Å². The van der Waals surface area contributed by atoms with Gasteiger partial charge in [-0.15, -0.1) is 0 Å². The number of nitrogens with one attached hydrogen (secondary N) is 1. The SMILES string of the molecule is CCOC(=O)C1CC1.Cc1ccc(Oc2ccccc2)cc1.O=CNO. The van der Waals surface area contributed by atoms with Crippen LogP contribution in [0.4, 0.5) is 0 Å². The van der Waals surface area contributed by atoms with Gasteiger partial charge in [0.1, 0.15) is 11.5 Å². The molecule has 2 aromatic rings. The van der Waals surface area contributed by atoms with Gasteiger partial charge in [-0.1, -0.05) is 35.9 Å². The molecule has 0 heterocycles. The lowest BCUT2D eigenvalue weighted by Crippen LogP contribution is -2.04. The maximum absolute atomic E-state index is 10.6. The van der Waals surface area contributed by atoms with Crippen LogP contribution in [0.15, 0.2) is 54.6 Å². The van der Waals surface area contributed by atoms with Gasteiger partial charge in [0.15, 0.2) is 0 Å². The molecule has 3 rings (SSSR count). The summed E-state index contributed by atoms with van der Waals surface area (Å²) in [7, 11) is 0. The molecule has 1 fully saturated rings. The Kier molecular flexibility index (Phi) is 10.2. The highest BCUT2D eigenvalue weighted by molar-refractivity contribution is 5.74. The molecule has 2 aromatic carbocycles. The molecule has 2 N–H and O–H groups in total. The maximum Gasteiger partial charge on any atom is 0.308 e. The van der Waals surface area contributed by atoms with Gasteiger partial charge in [0.05, 0.1) is 12.5 Å². The number of hydrogen-bond acceptors (Lipinski definition) is 5. The first-order chi connectivity index (χ1) is 12.6. The fraction of sp³-hybridized carbons (Fsp3) is 0.300. The highest BCUT2D eigenvalue weighted by Crippen LogP contribution is 2.29. The monoisotopic (exact) mass is 359 g/mol. The molecule has 6 heteroatoms. The van der Waals surface area contributed by atoms with Gasteiger partial charge in [-0.05, 0) is 51.0 Å². The molecule has 140 valence electrons. The van der Waals surface area contributed by atoms with Gasteiger partial charge in [-0.25, -0.2) is 5.48 Å². The number of ether oxygens (including phenoxy) is 2. The van der Waals surface area contributed by atoms with E-state index in [4.69, 9.17) is 19.5 Å². The lowest BCUT2D eigenvalue weighted by atomic mass is 10.2. The van der Waals surface area contributed by atoms with Gasteiger partial charge in [0.2, 0.25) is 6.41 Å². The predicted molar refractivity (Wildman–Crippen MR) is 98.0 cm³/mol. The number of esters is 1. The minimum atomic E-state index is -0.00694. The van der Waals surface area contributed by atoms with Crippen LogP contribution < -0.4 is 10.2 Å². The van der Waals surface area contributed by atoms with Crippen molar-refractivity contribution >= 4 is 12.4 Å². The topological polar surface area (TPSA) is 84.9 Å². The Labute approximate surface area is 153 Å². The number of benzene rings is 2. The average molecular weight is 359 g/mol. The van der Waals surface area contributed by atoms with Crippen molar-refractivity contribution < 1.29 is 24.3 Å². The van der Waals surface area contributed by atoms with Crippen LogP contribution in [-0.4, -0.2) is 24.2 Å². The summed E-state index contributed by atoms with van der Waals surface area (Å²) >= 11 is 0. The molecule has 0 radical (unpaired) electrons. The Balaban J connectivity index is 0.000000238. The summed E-state index contributed by atoms with van der Waals surface area (Å²) in [5.41, 5.74) is 2.49. The molecular weight excluding hydrogens is 334 g/mol. The number of para-hydroxylation sites is 1. The molecule has 0 aliphatic heterocycles. The van der Waals surface area contributed by atoms with E-state index in [2.05, 4.69) is 6.92 Å². The minimum absolute atomic E-state index is 0.00694. The van der Waals surface area contributed by atoms with Crippen LogP contribution in [0.1, 0.15) is 25.3 Å². The van der Waals surface area contributed by atoms with E-state index in [-0.39, 0.29) is 18.3 Å². The second-order valence-electron chi connectivity index (χ2n) is 5.50. The largest absolute Gasteiger partial charge is 0.466 e. The molecule has 0 unspecified atom stereocenters. The fourth-order valence-corrected chi connectivity index (χ4v) is 1.81. The Morgan fingerprint density at radius 1 is 1.12 bits per heavy atom. The zero-order valence-corrected chi connectivity index (χ0v) is 15.1. The van der Waals surface area contributed by atoms with Crippen molar-refractivity contribution in [2.45, 2.75) is 26.7 Å². The molecule has 6 nitrogen and oxygen atoms in total. The second kappa shape index (κ2) is 12.5. The summed E-state index contributed by atoms with van der Waals surface area (Å²) in [4.78, 5) is 19.4. The number of aryl methyl sites for hydroxylation is 1. The molecule has 0 atom stereocenters. The van der Waals surface area contributed by atoms with Crippen molar-refractivity contribution in [2.75, 3.05) is 6.61 Å². The molecule has 26 heavy (non-hydrogen) atoms. The van der Waals surface area contributed by atoms with Crippen LogP contribution in [0.3, 0.4) is 0 Å². The van der Waals surface area contributed by atoms with Crippen LogP contribution in [0, 0.1) is 12.8 Å². The lowest BCUT2D eigenvalue weighted by molar-refractivity contribution is -0.144. The summed E-state index contributed by atoms with van der Waals surface area (Å²) in [6, 6.07) is 17.8. The molecule has 0 bridgehead atoms.